The number of benzene rings is 1. The summed E-state index contributed by atoms with van der Waals surface area (Å²) in [6.07, 6.45) is 0. The quantitative estimate of drug-likeness (QED) is 0.548. The molecule has 0 radical (unpaired) electrons. The maximum Gasteiger partial charge on any atom is 0.159 e. The Morgan fingerprint density at radius 3 is 2.40 bits per heavy atom. The van der Waals surface area contributed by atoms with Crippen molar-refractivity contribution in [3.8, 4) is 0 Å². The van der Waals surface area contributed by atoms with Gasteiger partial charge in [-0.3, -0.25) is 4.79 Å². The fourth-order valence-electron chi connectivity index (χ4n) is 0.473. The first kappa shape index (κ1) is 3.28. The van der Waals surface area contributed by atoms with E-state index >= 15 is 0 Å². The fourth-order valence-corrected chi connectivity index (χ4v) is 0.473. The molecule has 2 heteroatoms. The molecule has 0 heterocycles. The Morgan fingerprint density at radius 1 is 1.50 bits per heavy atom. The highest BCUT2D eigenvalue weighted by atomic mass is 19.1. The van der Waals surface area contributed by atoms with Gasteiger partial charge in [0.25, 0.3) is 0 Å². The number of rotatable bonds is 1. The van der Waals surface area contributed by atoms with E-state index in [1.165, 1.54) is 0 Å². The zero-order valence-electron chi connectivity index (χ0n) is 9.29. The van der Waals surface area contributed by atoms with E-state index in [1.807, 2.05) is 0 Å². The van der Waals surface area contributed by atoms with Crippen molar-refractivity contribution in [1.29, 1.82) is 0 Å². The summed E-state index contributed by atoms with van der Waals surface area (Å²) in [6.45, 7) is 1.11. The lowest BCUT2D eigenvalue weighted by Crippen LogP contribution is -1.90. The molecule has 0 fully saturated rings. The van der Waals surface area contributed by atoms with Gasteiger partial charge < -0.3 is 0 Å². The van der Waals surface area contributed by atoms with Crippen molar-refractivity contribution in [3.05, 3.63) is 35.6 Å². The van der Waals surface area contributed by atoms with E-state index in [1.54, 1.807) is 0 Å². The fraction of sp³-hybridized carbons (Fsp3) is 0.125. The number of carbonyl (C=O) groups excluding carboxylic acids is 1. The summed E-state index contributed by atoms with van der Waals surface area (Å²) in [5.74, 6) is -1.84. The predicted molar refractivity (Wildman–Crippen MR) is 36.4 cm³/mol. The van der Waals surface area contributed by atoms with Gasteiger partial charge in [0.1, 0.15) is 5.82 Å². The highest BCUT2D eigenvalue weighted by Gasteiger charge is 1.96. The van der Waals surface area contributed by atoms with E-state index in [2.05, 4.69) is 0 Å². The molecule has 0 atom stereocenters. The van der Waals surface area contributed by atoms with Crippen molar-refractivity contribution in [2.45, 2.75) is 6.92 Å². The third-order valence-corrected chi connectivity index (χ3v) is 0.947. The molecular formula is C8H7FO. The van der Waals surface area contributed by atoms with Gasteiger partial charge >= 0.3 is 0 Å². The molecule has 0 saturated heterocycles. The largest absolute Gasteiger partial charge is 0.295 e. The summed E-state index contributed by atoms with van der Waals surface area (Å²) in [4.78, 5) is 11.0. The van der Waals surface area contributed by atoms with Crippen LogP contribution < -0.4 is 0 Å². The van der Waals surface area contributed by atoms with Crippen LogP contribution >= 0.6 is 0 Å². The van der Waals surface area contributed by atoms with Crippen molar-refractivity contribution in [2.24, 2.45) is 0 Å². The first-order valence-electron chi connectivity index (χ1n) is 4.64. The van der Waals surface area contributed by atoms with Crippen molar-refractivity contribution in [1.82, 2.24) is 0 Å². The van der Waals surface area contributed by atoms with Crippen LogP contribution in [0.5, 0.6) is 0 Å². The predicted octanol–water partition coefficient (Wildman–Crippen LogP) is 2.03. The molecule has 0 spiro atoms. The van der Waals surface area contributed by atoms with Crippen LogP contribution in [0.3, 0.4) is 0 Å². The number of ketones is 1. The van der Waals surface area contributed by atoms with Gasteiger partial charge in [-0.1, -0.05) is 0 Å². The zero-order valence-corrected chi connectivity index (χ0v) is 5.29. The first-order valence-corrected chi connectivity index (χ1v) is 2.64. The van der Waals surface area contributed by atoms with Crippen molar-refractivity contribution >= 4 is 5.78 Å². The molecule has 0 unspecified atom stereocenters. The highest BCUT2D eigenvalue weighted by Crippen LogP contribution is 2.02. The standard InChI is InChI=1S/C8H7FO/c1-6(10)7-2-4-8(9)5-3-7/h2-5H,1H3/i2D,3D,4D,5D. The molecule has 0 N–H and O–H groups in total. The Kier molecular flexibility index (Phi) is 0.854. The number of Topliss-reactive ketones (excluding diaryl/α,β-unsaturated/α-hetero) is 1. The van der Waals surface area contributed by atoms with Crippen LogP contribution in [0.15, 0.2) is 24.2 Å². The van der Waals surface area contributed by atoms with E-state index in [0.717, 1.165) is 6.92 Å². The summed E-state index contributed by atoms with van der Waals surface area (Å²) >= 11 is 0. The number of hydrogen-bond acceptors (Lipinski definition) is 1. The smallest absolute Gasteiger partial charge is 0.159 e. The summed E-state index contributed by atoms with van der Waals surface area (Å²) in [7, 11) is 0. The molecule has 0 amide bonds. The van der Waals surface area contributed by atoms with Crippen molar-refractivity contribution in [3.63, 3.8) is 0 Å². The summed E-state index contributed by atoms with van der Waals surface area (Å²) in [5, 5.41) is 0. The molecular weight excluding hydrogens is 131 g/mol. The maximum absolute atomic E-state index is 13.0. The maximum atomic E-state index is 13.0. The van der Waals surface area contributed by atoms with Crippen LogP contribution in [0, 0.1) is 5.82 Å². The topological polar surface area (TPSA) is 17.1 Å². The molecule has 1 aromatic rings. The van der Waals surface area contributed by atoms with Crippen LogP contribution in [-0.4, -0.2) is 5.78 Å². The Bertz CT molecular complexity index is 387. The van der Waals surface area contributed by atoms with Crippen molar-refractivity contribution in [2.75, 3.05) is 0 Å². The van der Waals surface area contributed by atoms with Gasteiger partial charge in [-0.05, 0) is 31.1 Å². The van der Waals surface area contributed by atoms with E-state index in [9.17, 15) is 9.18 Å². The van der Waals surface area contributed by atoms with Gasteiger partial charge in [0, 0.05) is 5.56 Å². The normalized spacial score (nSPS) is 15.0. The second-order valence-electron chi connectivity index (χ2n) is 1.75. The van der Waals surface area contributed by atoms with Crippen molar-refractivity contribution < 1.29 is 14.7 Å². The molecule has 0 bridgehead atoms. The summed E-state index contributed by atoms with van der Waals surface area (Å²) in [6, 6.07) is -2.88. The molecule has 10 heavy (non-hydrogen) atoms. The molecule has 1 aromatic carbocycles. The minimum atomic E-state index is -1.23. The number of hydrogen-bond donors (Lipinski definition) is 0. The third kappa shape index (κ3) is 1.41. The Balaban J connectivity index is 3.68. The van der Waals surface area contributed by atoms with E-state index in [4.69, 9.17) is 5.48 Å². The summed E-state index contributed by atoms with van der Waals surface area (Å²) in [5.41, 5.74) is -0.374. The molecule has 1 rings (SSSR count). The van der Waals surface area contributed by atoms with Crippen LogP contribution in [0.25, 0.3) is 0 Å². The van der Waals surface area contributed by atoms with Gasteiger partial charge in [-0.25, -0.2) is 4.39 Å². The number of halogens is 1. The highest BCUT2D eigenvalue weighted by molar-refractivity contribution is 5.93. The zero-order chi connectivity index (χ0) is 11.0. The average Bonchev–Trinajstić information content (AvgIpc) is 2.11. The Labute approximate surface area is 64.1 Å². The van der Waals surface area contributed by atoms with Gasteiger partial charge in [-0.2, -0.15) is 0 Å². The van der Waals surface area contributed by atoms with Gasteiger partial charge in [-0.15, -0.1) is 0 Å². The second kappa shape index (κ2) is 2.60. The second-order valence-corrected chi connectivity index (χ2v) is 1.75. The van der Waals surface area contributed by atoms with E-state index < -0.39 is 35.8 Å². The molecule has 52 valence electrons. The van der Waals surface area contributed by atoms with Gasteiger partial charge in [0.15, 0.2) is 5.78 Å². The average molecular weight is 142 g/mol. The van der Waals surface area contributed by atoms with Crippen LogP contribution in [-0.2, 0) is 0 Å². The lowest BCUT2D eigenvalue weighted by Gasteiger charge is -1.91. The molecule has 0 aliphatic rings. The number of carbonyl (C=O) groups is 1. The van der Waals surface area contributed by atoms with Crippen LogP contribution in [0.2, 0.25) is 0 Å². The Hall–Kier alpha value is -1.18. The summed E-state index contributed by atoms with van der Waals surface area (Å²) < 4.78 is 41.7. The lowest BCUT2D eigenvalue weighted by atomic mass is 10.1. The molecule has 0 saturated carbocycles. The minimum Gasteiger partial charge on any atom is -0.295 e. The van der Waals surface area contributed by atoms with Gasteiger partial charge in [0.05, 0.1) is 5.48 Å². The molecule has 0 aliphatic heterocycles. The molecule has 0 aromatic heterocycles. The minimum absolute atomic E-state index is 0.374. The first-order chi connectivity index (χ1) is 6.37. The monoisotopic (exact) mass is 142 g/mol. The lowest BCUT2D eigenvalue weighted by molar-refractivity contribution is 0.101. The van der Waals surface area contributed by atoms with Gasteiger partial charge in [0.2, 0.25) is 0 Å². The third-order valence-electron chi connectivity index (χ3n) is 0.947. The van der Waals surface area contributed by atoms with E-state index in [0.29, 0.717) is 0 Å². The van der Waals surface area contributed by atoms with E-state index in [-0.39, 0.29) is 5.56 Å². The Morgan fingerprint density at radius 2 is 2.00 bits per heavy atom. The van der Waals surface area contributed by atoms with Crippen LogP contribution in [0.1, 0.15) is 22.8 Å². The SMILES string of the molecule is [2H]c1c([2H])c(C(C)=O)c([2H])c([2H])c1F. The van der Waals surface area contributed by atoms with Crippen LogP contribution in [0.4, 0.5) is 4.39 Å². The molecule has 1 nitrogen and oxygen atoms in total. The molecule has 0 aliphatic carbocycles.